The highest BCUT2D eigenvalue weighted by Gasteiger charge is 2.56. The van der Waals surface area contributed by atoms with Gasteiger partial charge in [-0.05, 0) is 74.4 Å². The molecule has 95 heavy (non-hydrogen) atoms. The molecule has 0 spiro atoms. The fourth-order valence-corrected chi connectivity index (χ4v) is 17.7. The number of aromatic amines is 4. The van der Waals surface area contributed by atoms with Crippen LogP contribution >= 0.6 is 75.5 Å². The molecule has 4 aromatic heterocycles. The van der Waals surface area contributed by atoms with E-state index in [1.54, 1.807) is 26.0 Å². The number of phosphoric ester groups is 1. The molecule has 0 amide bonds. The summed E-state index contributed by atoms with van der Waals surface area (Å²) in [5.41, 5.74) is 2.06. The van der Waals surface area contributed by atoms with Crippen LogP contribution in [0.1, 0.15) is 68.9 Å². The van der Waals surface area contributed by atoms with E-state index in [2.05, 4.69) is 50.5 Å². The molecule has 0 radical (unpaired) electrons. The van der Waals surface area contributed by atoms with Crippen molar-refractivity contribution in [1.29, 1.82) is 0 Å². The van der Waals surface area contributed by atoms with Gasteiger partial charge in [0.2, 0.25) is 0 Å². The van der Waals surface area contributed by atoms with Crippen LogP contribution in [0.15, 0.2) is 68.2 Å². The Morgan fingerprint density at radius 2 is 0.747 bits per heavy atom. The van der Waals surface area contributed by atoms with Crippen LogP contribution in [0, 0.1) is 27.7 Å². The van der Waals surface area contributed by atoms with Crippen LogP contribution in [0.5, 0.6) is 0 Å². The highest BCUT2D eigenvalue weighted by Crippen LogP contribution is 2.80. The highest BCUT2D eigenvalue weighted by molar-refractivity contribution is 8.05. The van der Waals surface area contributed by atoms with E-state index in [0.29, 0.717) is 38.9 Å². The third-order valence-electron chi connectivity index (χ3n) is 13.6. The van der Waals surface area contributed by atoms with Crippen molar-refractivity contribution in [2.24, 2.45) is 0 Å². The Kier molecular flexibility index (Phi) is 27.5. The molecule has 9 rings (SSSR count). The average Bonchev–Trinajstić information content (AvgIpc) is 1.78. The van der Waals surface area contributed by atoms with Crippen molar-refractivity contribution in [2.75, 3.05) is 26.4 Å². The van der Waals surface area contributed by atoms with Gasteiger partial charge in [-0.2, -0.15) is 21.6 Å². The number of rotatable bonds is 18. The summed E-state index contributed by atoms with van der Waals surface area (Å²) in [5.74, 6) is 0. The number of phosphoric acid groups is 6. The molecule has 5 fully saturated rings. The van der Waals surface area contributed by atoms with Gasteiger partial charge < -0.3 is 119 Å². The summed E-state index contributed by atoms with van der Waals surface area (Å²) in [6.07, 6.45) is -17.6. The van der Waals surface area contributed by atoms with Gasteiger partial charge in [0.1, 0.15) is 97.7 Å². The second-order valence-electron chi connectivity index (χ2n) is 20.8. The van der Waals surface area contributed by atoms with Crippen LogP contribution in [-0.4, -0.2) is 195 Å². The van der Waals surface area contributed by atoms with Crippen molar-refractivity contribution < 1.29 is 161 Å². The van der Waals surface area contributed by atoms with Crippen molar-refractivity contribution in [2.45, 2.75) is 125 Å². The average molecular weight is 1540 g/mol. The minimum atomic E-state index is -5.68. The number of ether oxygens (including phenoxy) is 4. The van der Waals surface area contributed by atoms with Gasteiger partial charge in [-0.1, -0.05) is 0 Å². The van der Waals surface area contributed by atoms with Crippen LogP contribution in [0.2, 0.25) is 0 Å². The van der Waals surface area contributed by atoms with Crippen LogP contribution in [0.25, 0.3) is 0 Å². The fraction of sp³-hybridized carbons (Fsp3) is 0.545. The lowest BCUT2D eigenvalue weighted by atomic mass is 10.0. The van der Waals surface area contributed by atoms with Gasteiger partial charge in [0.25, 0.3) is 22.2 Å². The Labute approximate surface area is 541 Å². The van der Waals surface area contributed by atoms with E-state index in [4.69, 9.17) is 75.5 Å². The maximum atomic E-state index is 12.2. The van der Waals surface area contributed by atoms with E-state index in [9.17, 15) is 96.9 Å². The zero-order chi connectivity index (χ0) is 71.5. The van der Waals surface area contributed by atoms with E-state index in [1.807, 2.05) is 0 Å². The number of aliphatic hydroxyl groups excluding tert-OH is 9. The lowest BCUT2D eigenvalue weighted by Gasteiger charge is -2.27. The predicted molar refractivity (Wildman–Crippen MR) is 314 cm³/mol. The normalized spacial score (nSPS) is 34.4. The van der Waals surface area contributed by atoms with Crippen molar-refractivity contribution >= 4 is 75.5 Å². The summed E-state index contributed by atoms with van der Waals surface area (Å²) in [4.78, 5) is 109. The first kappa shape index (κ1) is 80.9. The molecule has 5 aliphatic heterocycles. The Balaban J connectivity index is 0.000000204. The van der Waals surface area contributed by atoms with Crippen molar-refractivity contribution in [1.82, 2.24) is 19.9 Å². The standard InChI is InChI=1S/C11H14Cl2NO6P.C11H18NO14P3.C11H16NO13P3.C11H15NO5/c1-5-2-6(3-14-11(5)17)10-9(16)8(15)7(20-10)4-19-21(12,13)18;1-5-2-6(3-12-11(5)15)10-9(14)8(13)7(24-10)4-23-28(19,20)26-29(21,22)25-27(16,17)18;1-5-2-6(3-12-11(5)15)10-9(14)8(13)7(22-10)4-21-28(20)24-26(16,17)23-27(18,19)25-28;1-5-2-6(3-12-11(5)16)10-9(15)8(14)7(4-13)17-10/h2-3,7-10,15-16H,4H2,1H3,(H,14,17);2-3,7-10,13-14H,4H2,1H3,(H,12,15)(H,19,20)(H,21,22)(H2,16,17,18);2-3,7-10,13-14H,4H2,1H3,(H,12,15)(H,16,17)(H,18,19);2-3,7-10,13-15H,4H2,1H3,(H,12,16)/t4*7-,8?,9+,10+/m1111/s1. The van der Waals surface area contributed by atoms with E-state index < -0.39 is 164 Å². The summed E-state index contributed by atoms with van der Waals surface area (Å²) < 4.78 is 134. The number of halogens is 2. The van der Waals surface area contributed by atoms with Crippen LogP contribution < -0.4 is 22.2 Å². The minimum absolute atomic E-state index is 0.208. The van der Waals surface area contributed by atoms with E-state index >= 15 is 0 Å². The summed E-state index contributed by atoms with van der Waals surface area (Å²) in [5, 5.41) is 88.7. The van der Waals surface area contributed by atoms with E-state index in [1.165, 1.54) is 50.8 Å². The number of hydrogen-bond acceptors (Lipinski definition) is 32. The number of nitrogens with one attached hydrogen (secondary N) is 4. The van der Waals surface area contributed by atoms with Gasteiger partial charge in [0.15, 0.2) is 0 Å². The second-order valence-corrected chi connectivity index (χ2v) is 34.5. The van der Waals surface area contributed by atoms with Gasteiger partial charge in [-0.15, -0.1) is 0 Å². The molecule has 8 unspecified atom stereocenters. The summed E-state index contributed by atoms with van der Waals surface area (Å²) in [6.45, 7) is 3.83. The first-order valence-corrected chi connectivity index (χ1v) is 39.0. The van der Waals surface area contributed by atoms with Crippen molar-refractivity contribution in [3.8, 4) is 0 Å². The molecule has 42 nitrogen and oxygen atoms in total. The molecule has 19 N–H and O–H groups in total. The summed E-state index contributed by atoms with van der Waals surface area (Å²) in [7, 11) is -32.1. The number of aromatic nitrogens is 4. The molecule has 536 valence electrons. The number of pyridine rings is 4. The van der Waals surface area contributed by atoms with Gasteiger partial charge >= 0.3 is 53.0 Å². The second kappa shape index (κ2) is 32.3. The number of aryl methyl sites for hydroxylation is 4. The number of hydrogen-bond donors (Lipinski definition) is 19. The van der Waals surface area contributed by atoms with Gasteiger partial charge in [-0.25, -0.2) is 27.4 Å². The molecular formula is C44H63Cl2N4O38P7. The van der Waals surface area contributed by atoms with Gasteiger partial charge in [-0.3, -0.25) is 32.8 Å². The van der Waals surface area contributed by atoms with E-state index in [-0.39, 0.29) is 41.0 Å². The van der Waals surface area contributed by atoms with Crippen molar-refractivity contribution in [3.63, 3.8) is 0 Å². The smallest absolute Gasteiger partial charge is 0.394 e. The third-order valence-corrected chi connectivity index (χ3v) is 23.8. The molecule has 51 heteroatoms. The van der Waals surface area contributed by atoms with Crippen LogP contribution in [0.4, 0.5) is 0 Å². The molecule has 0 bridgehead atoms. The topological polar surface area (TPSA) is 665 Å². The first-order chi connectivity index (χ1) is 43.6. The molecule has 0 aliphatic carbocycles. The molecule has 5 aliphatic rings. The SMILES string of the molecule is Cc1cc([C@@H]2O[C@H](CO)C(O)[C@@H]2O)c[nH]c1=O.Cc1cc([C@@H]2O[C@H](COP(=O)(Cl)Cl)C(O)[C@@H]2O)c[nH]c1=O.Cc1cc([C@@H]2O[C@H](COP(=O)(O)OP(=O)(O)OP(=O)(O)O)C(O)[C@@H]2O)c[nH]c1=O.Cc1cc([C@@H]2O[C@H](COP3(=O)OP(=O)(O)OP(=O)(O)O3)C(O)[C@@H]2O)c[nH]c1=O. The Hall–Kier alpha value is -3.09. The number of H-pyrrole nitrogens is 4. The third kappa shape index (κ3) is 22.5. The van der Waals surface area contributed by atoms with Gasteiger partial charge in [0.05, 0.1) is 26.4 Å². The predicted octanol–water partition coefficient (Wildman–Crippen LogP) is -0.293. The summed E-state index contributed by atoms with van der Waals surface area (Å²) in [6, 6.07) is 5.97. The zero-order valence-corrected chi connectivity index (χ0v) is 56.4. The molecule has 0 saturated carbocycles. The maximum Gasteiger partial charge on any atom is 0.492 e. The van der Waals surface area contributed by atoms with Crippen molar-refractivity contribution in [3.05, 3.63) is 135 Å². The summed E-state index contributed by atoms with van der Waals surface area (Å²) >= 11 is 10.5. The van der Waals surface area contributed by atoms with E-state index in [0.717, 1.165) is 0 Å². The quantitative estimate of drug-likeness (QED) is 0.0569. The Bertz CT molecular complexity index is 3930. The lowest BCUT2D eigenvalue weighted by molar-refractivity contribution is -0.0232. The number of aliphatic hydroxyl groups is 9. The highest BCUT2D eigenvalue weighted by atomic mass is 35.9. The van der Waals surface area contributed by atoms with Crippen LogP contribution in [0.3, 0.4) is 0 Å². The van der Waals surface area contributed by atoms with Gasteiger partial charge in [0, 0.05) is 69.3 Å². The molecule has 5 saturated heterocycles. The monoisotopic (exact) mass is 1540 g/mol. The minimum Gasteiger partial charge on any atom is -0.394 e. The Morgan fingerprint density at radius 1 is 0.453 bits per heavy atom. The molecule has 0 aromatic carbocycles. The Morgan fingerprint density at radius 3 is 1.03 bits per heavy atom. The molecular weight excluding hydrogens is 1480 g/mol. The molecule has 4 aromatic rings. The lowest BCUT2D eigenvalue weighted by Crippen LogP contribution is -2.33. The largest absolute Gasteiger partial charge is 0.492 e. The zero-order valence-electron chi connectivity index (χ0n) is 48.7. The maximum absolute atomic E-state index is 12.2. The fourth-order valence-electron chi connectivity index (χ4n) is 9.07. The first-order valence-electron chi connectivity index (χ1n) is 26.5. The van der Waals surface area contributed by atoms with Crippen LogP contribution in [-0.2, 0) is 86.0 Å². The molecule has 20 atom stereocenters. The molecule has 9 heterocycles.